The minimum atomic E-state index is -0.634. The first kappa shape index (κ1) is 24.2. The number of nitrogens with zero attached hydrogens (tertiary/aromatic N) is 1. The quantitative estimate of drug-likeness (QED) is 0.580. The number of carbonyl (C=O) groups excluding carboxylic acids is 2. The molecule has 6 heteroatoms. The summed E-state index contributed by atoms with van der Waals surface area (Å²) < 4.78 is 0. The van der Waals surface area contributed by atoms with E-state index in [2.05, 4.69) is 5.32 Å². The first-order valence-electron chi connectivity index (χ1n) is 10.2. The van der Waals surface area contributed by atoms with Crippen molar-refractivity contribution < 1.29 is 9.59 Å². The lowest BCUT2D eigenvalue weighted by molar-refractivity contribution is -0.140. The molecule has 0 spiro atoms. The lowest BCUT2D eigenvalue weighted by Crippen LogP contribution is -2.50. The lowest BCUT2D eigenvalue weighted by Gasteiger charge is -2.30. The fraction of sp³-hybridized carbons (Fsp3) is 0.417. The second-order valence-corrected chi connectivity index (χ2v) is 8.69. The van der Waals surface area contributed by atoms with E-state index in [9.17, 15) is 9.59 Å². The fourth-order valence-electron chi connectivity index (χ4n) is 3.07. The van der Waals surface area contributed by atoms with Crippen LogP contribution in [-0.2, 0) is 22.6 Å². The van der Waals surface area contributed by atoms with Gasteiger partial charge >= 0.3 is 0 Å². The molecule has 0 aliphatic rings. The van der Waals surface area contributed by atoms with Gasteiger partial charge in [-0.2, -0.15) is 0 Å². The Bertz CT molecular complexity index is 914. The molecule has 2 amide bonds. The van der Waals surface area contributed by atoms with Crippen molar-refractivity contribution in [1.82, 2.24) is 10.2 Å². The summed E-state index contributed by atoms with van der Waals surface area (Å²) >= 11 is 12.4. The van der Waals surface area contributed by atoms with E-state index in [-0.39, 0.29) is 30.8 Å². The molecular formula is C24H30Cl2N2O2. The van der Waals surface area contributed by atoms with Crippen LogP contribution in [0.25, 0.3) is 0 Å². The van der Waals surface area contributed by atoms with Gasteiger partial charge in [-0.25, -0.2) is 0 Å². The van der Waals surface area contributed by atoms with Crippen molar-refractivity contribution in [3.05, 3.63) is 68.7 Å². The summed E-state index contributed by atoms with van der Waals surface area (Å²) in [7, 11) is 0. The Hall–Kier alpha value is -2.04. The maximum Gasteiger partial charge on any atom is 0.242 e. The monoisotopic (exact) mass is 448 g/mol. The predicted molar refractivity (Wildman–Crippen MR) is 124 cm³/mol. The Morgan fingerprint density at radius 3 is 2.33 bits per heavy atom. The van der Waals surface area contributed by atoms with E-state index >= 15 is 0 Å². The number of nitrogens with one attached hydrogen (secondary N) is 1. The van der Waals surface area contributed by atoms with E-state index in [0.29, 0.717) is 10.0 Å². The molecular weight excluding hydrogens is 419 g/mol. The Balaban J connectivity index is 2.29. The van der Waals surface area contributed by atoms with Crippen LogP contribution in [-0.4, -0.2) is 28.8 Å². The van der Waals surface area contributed by atoms with Crippen LogP contribution in [0.5, 0.6) is 0 Å². The Kier molecular flexibility index (Phi) is 8.75. The van der Waals surface area contributed by atoms with Gasteiger partial charge in [0.1, 0.15) is 6.04 Å². The summed E-state index contributed by atoms with van der Waals surface area (Å²) in [6, 6.07) is 10.6. The first-order valence-corrected chi connectivity index (χ1v) is 11.0. The average molecular weight is 449 g/mol. The van der Waals surface area contributed by atoms with E-state index in [1.54, 1.807) is 30.0 Å². The normalized spacial score (nSPS) is 12.9. The van der Waals surface area contributed by atoms with Crippen LogP contribution in [0.15, 0.2) is 36.4 Å². The fourth-order valence-corrected chi connectivity index (χ4v) is 3.54. The Morgan fingerprint density at radius 1 is 1.03 bits per heavy atom. The Morgan fingerprint density at radius 2 is 1.73 bits per heavy atom. The second kappa shape index (κ2) is 10.8. The zero-order valence-corrected chi connectivity index (χ0v) is 19.8. The van der Waals surface area contributed by atoms with Crippen molar-refractivity contribution >= 4 is 35.0 Å². The lowest BCUT2D eigenvalue weighted by atomic mass is 10.0. The van der Waals surface area contributed by atoms with Crippen LogP contribution in [0.3, 0.4) is 0 Å². The third-order valence-corrected chi connectivity index (χ3v) is 6.04. The molecule has 0 saturated heterocycles. The van der Waals surface area contributed by atoms with Gasteiger partial charge in [-0.15, -0.1) is 0 Å². The molecule has 30 heavy (non-hydrogen) atoms. The number of aryl methyl sites for hydroxylation is 2. The van der Waals surface area contributed by atoms with Crippen molar-refractivity contribution in [3.63, 3.8) is 0 Å². The molecule has 2 atom stereocenters. The molecule has 162 valence electrons. The van der Waals surface area contributed by atoms with E-state index in [4.69, 9.17) is 23.2 Å². The highest BCUT2D eigenvalue weighted by Gasteiger charge is 2.27. The molecule has 0 aliphatic heterocycles. The number of benzene rings is 2. The maximum atomic E-state index is 13.3. The molecule has 0 aliphatic carbocycles. The van der Waals surface area contributed by atoms with Crippen molar-refractivity contribution in [2.75, 3.05) is 0 Å². The van der Waals surface area contributed by atoms with Gasteiger partial charge in [0, 0.05) is 22.6 Å². The predicted octanol–water partition coefficient (Wildman–Crippen LogP) is 5.48. The highest BCUT2D eigenvalue weighted by molar-refractivity contribution is 6.35. The highest BCUT2D eigenvalue weighted by atomic mass is 35.5. The number of hydrogen-bond acceptors (Lipinski definition) is 2. The summed E-state index contributed by atoms with van der Waals surface area (Å²) in [5.74, 6) is -0.307. The third kappa shape index (κ3) is 6.48. The Labute approximate surface area is 189 Å². The molecule has 0 unspecified atom stereocenters. The molecule has 0 saturated carbocycles. The molecule has 1 N–H and O–H groups in total. The van der Waals surface area contributed by atoms with Gasteiger partial charge in [0.2, 0.25) is 11.8 Å². The van der Waals surface area contributed by atoms with Crippen LogP contribution in [0.1, 0.15) is 49.4 Å². The van der Waals surface area contributed by atoms with Crippen LogP contribution >= 0.6 is 23.2 Å². The smallest absolute Gasteiger partial charge is 0.242 e. The largest absolute Gasteiger partial charge is 0.352 e. The zero-order valence-electron chi connectivity index (χ0n) is 18.3. The number of halogens is 2. The SMILES string of the molecule is CC[C@@H](C)NC(=O)[C@H](C)N(Cc1ccc(Cl)cc1Cl)C(=O)Cc1ccc(C)c(C)c1. The van der Waals surface area contributed by atoms with E-state index in [1.807, 2.05) is 45.9 Å². The van der Waals surface area contributed by atoms with Crippen molar-refractivity contribution in [1.29, 1.82) is 0 Å². The summed E-state index contributed by atoms with van der Waals surface area (Å²) in [6.07, 6.45) is 1.03. The molecule has 2 aromatic rings. The molecule has 0 bridgehead atoms. The van der Waals surface area contributed by atoms with Crippen molar-refractivity contribution in [3.8, 4) is 0 Å². The molecule has 4 nitrogen and oxygen atoms in total. The van der Waals surface area contributed by atoms with Crippen LogP contribution in [0.2, 0.25) is 10.0 Å². The van der Waals surface area contributed by atoms with E-state index < -0.39 is 6.04 Å². The molecule has 0 heterocycles. The minimum Gasteiger partial charge on any atom is -0.352 e. The van der Waals surface area contributed by atoms with Gasteiger partial charge < -0.3 is 10.2 Å². The van der Waals surface area contributed by atoms with E-state index in [1.165, 1.54) is 5.56 Å². The van der Waals surface area contributed by atoms with Gasteiger partial charge in [0.15, 0.2) is 0 Å². The maximum absolute atomic E-state index is 13.3. The minimum absolute atomic E-state index is 0.0378. The number of amides is 2. The number of hydrogen-bond donors (Lipinski definition) is 1. The zero-order chi connectivity index (χ0) is 22.4. The molecule has 0 radical (unpaired) electrons. The summed E-state index contributed by atoms with van der Waals surface area (Å²) in [6.45, 7) is 10.00. The van der Waals surface area contributed by atoms with Crippen LogP contribution in [0.4, 0.5) is 0 Å². The first-order chi connectivity index (χ1) is 14.1. The summed E-state index contributed by atoms with van der Waals surface area (Å²) in [4.78, 5) is 27.6. The van der Waals surface area contributed by atoms with Gasteiger partial charge in [-0.1, -0.05) is 54.4 Å². The molecule has 2 rings (SSSR count). The number of carbonyl (C=O) groups is 2. The van der Waals surface area contributed by atoms with Crippen molar-refractivity contribution in [2.45, 2.75) is 66.1 Å². The average Bonchev–Trinajstić information content (AvgIpc) is 2.69. The third-order valence-electron chi connectivity index (χ3n) is 5.45. The van der Waals surface area contributed by atoms with Gasteiger partial charge in [-0.3, -0.25) is 9.59 Å². The molecule has 2 aromatic carbocycles. The standard InChI is InChI=1S/C24H30Cl2N2O2/c1-6-17(4)27-24(30)18(5)28(14-20-9-10-21(25)13-22(20)26)23(29)12-19-8-7-15(2)16(3)11-19/h7-11,13,17-18H,6,12,14H2,1-5H3,(H,27,30)/t17-,18+/m1/s1. The second-order valence-electron chi connectivity index (χ2n) is 7.85. The summed E-state index contributed by atoms with van der Waals surface area (Å²) in [5, 5.41) is 3.97. The van der Waals surface area contributed by atoms with Crippen molar-refractivity contribution in [2.24, 2.45) is 0 Å². The van der Waals surface area contributed by atoms with Crippen LogP contribution < -0.4 is 5.32 Å². The molecule has 0 aromatic heterocycles. The number of rotatable bonds is 8. The summed E-state index contributed by atoms with van der Waals surface area (Å²) in [5.41, 5.74) is 3.98. The highest BCUT2D eigenvalue weighted by Crippen LogP contribution is 2.24. The topological polar surface area (TPSA) is 49.4 Å². The van der Waals surface area contributed by atoms with Gasteiger partial charge in [-0.05, 0) is 68.5 Å². The van der Waals surface area contributed by atoms with Gasteiger partial charge in [0.25, 0.3) is 0 Å². The van der Waals surface area contributed by atoms with E-state index in [0.717, 1.165) is 23.1 Å². The van der Waals surface area contributed by atoms with Crippen LogP contribution in [0, 0.1) is 13.8 Å². The van der Waals surface area contributed by atoms with Gasteiger partial charge in [0.05, 0.1) is 6.42 Å². The molecule has 0 fully saturated rings.